The van der Waals surface area contributed by atoms with Crippen LogP contribution < -0.4 is 0 Å². The molecule has 0 aromatic carbocycles. The maximum atomic E-state index is 12.5. The normalized spacial score (nSPS) is 34.8. The van der Waals surface area contributed by atoms with Crippen LogP contribution in [-0.4, -0.2) is 29.6 Å². The molecular formula is C25H40O4. The minimum Gasteiger partial charge on any atom is -0.465 e. The summed E-state index contributed by atoms with van der Waals surface area (Å²) in [6, 6.07) is 0. The summed E-state index contributed by atoms with van der Waals surface area (Å²) < 4.78 is 4.55. The zero-order valence-corrected chi connectivity index (χ0v) is 18.9. The molecule has 0 amide bonds. The quantitative estimate of drug-likeness (QED) is 0.647. The van der Waals surface area contributed by atoms with Crippen LogP contribution in [0.15, 0.2) is 23.8 Å². The minimum atomic E-state index is -0.462. The molecule has 1 fully saturated rings. The summed E-state index contributed by atoms with van der Waals surface area (Å²) in [7, 11) is 0. The van der Waals surface area contributed by atoms with Crippen LogP contribution in [0.2, 0.25) is 0 Å². The van der Waals surface area contributed by atoms with Crippen molar-refractivity contribution in [3.8, 4) is 0 Å². The van der Waals surface area contributed by atoms with Gasteiger partial charge in [-0.1, -0.05) is 59.3 Å². The number of esters is 1. The molecule has 1 N–H and O–H groups in total. The number of Topliss-reactive ketones (excluding diaryl/α,β-unsaturated/α-hetero) is 1. The SMILES string of the molecule is CCC(C)C(=O)C[C@H]1C[C@@H](C)C=C2C=CC(C)[C@H](CC)C21.O=C1CC(O)CCO1. The van der Waals surface area contributed by atoms with Gasteiger partial charge in [-0.2, -0.15) is 0 Å². The van der Waals surface area contributed by atoms with Crippen molar-refractivity contribution in [3.63, 3.8) is 0 Å². The van der Waals surface area contributed by atoms with Crippen molar-refractivity contribution >= 4 is 11.8 Å². The molecule has 3 rings (SSSR count). The molecule has 2 aliphatic carbocycles. The van der Waals surface area contributed by atoms with Crippen LogP contribution in [0.1, 0.15) is 73.1 Å². The highest BCUT2D eigenvalue weighted by atomic mass is 16.5. The van der Waals surface area contributed by atoms with Gasteiger partial charge >= 0.3 is 5.97 Å². The molecule has 164 valence electrons. The van der Waals surface area contributed by atoms with Gasteiger partial charge in [0.1, 0.15) is 5.78 Å². The first-order valence-corrected chi connectivity index (χ1v) is 11.5. The van der Waals surface area contributed by atoms with E-state index in [1.165, 1.54) is 18.4 Å². The van der Waals surface area contributed by atoms with Gasteiger partial charge in [0.15, 0.2) is 0 Å². The Kier molecular flexibility index (Phi) is 9.13. The fourth-order valence-electron chi connectivity index (χ4n) is 5.09. The van der Waals surface area contributed by atoms with E-state index in [1.54, 1.807) is 0 Å². The number of cyclic esters (lactones) is 1. The van der Waals surface area contributed by atoms with Crippen LogP contribution in [-0.2, 0) is 14.3 Å². The van der Waals surface area contributed by atoms with Crippen LogP contribution in [0.25, 0.3) is 0 Å². The molecule has 1 heterocycles. The standard InChI is InChI=1S/C20H32O.C5H8O3/c1-6-14(4)19(21)12-17-11-13(3)10-16-9-8-15(5)18(7-2)20(16)17;6-4-1-2-8-5(7)3-4/h8-10,13-15,17-18,20H,6-7,11-12H2,1-5H3;4,6H,1-3H2/t13-,14?,15?,17+,18-,20?;/m0./s1. The third-order valence-corrected chi connectivity index (χ3v) is 6.99. The Bertz CT molecular complexity index is 620. The van der Waals surface area contributed by atoms with Crippen LogP contribution >= 0.6 is 0 Å². The van der Waals surface area contributed by atoms with E-state index >= 15 is 0 Å². The lowest BCUT2D eigenvalue weighted by Crippen LogP contribution is -2.36. The highest BCUT2D eigenvalue weighted by Gasteiger charge is 2.39. The van der Waals surface area contributed by atoms with Gasteiger partial charge in [0.2, 0.25) is 0 Å². The number of rotatable bonds is 5. The summed E-state index contributed by atoms with van der Waals surface area (Å²) in [6.07, 6.45) is 11.6. The van der Waals surface area contributed by atoms with E-state index in [2.05, 4.69) is 57.6 Å². The second-order valence-corrected chi connectivity index (χ2v) is 9.30. The number of fused-ring (bicyclic) bond motifs is 1. The van der Waals surface area contributed by atoms with E-state index in [4.69, 9.17) is 5.11 Å². The van der Waals surface area contributed by atoms with Gasteiger partial charge in [0, 0.05) is 18.8 Å². The Morgan fingerprint density at radius 2 is 2.03 bits per heavy atom. The first-order chi connectivity index (χ1) is 13.8. The molecule has 0 bridgehead atoms. The van der Waals surface area contributed by atoms with E-state index in [0.717, 1.165) is 12.8 Å². The summed E-state index contributed by atoms with van der Waals surface area (Å²) in [4.78, 5) is 22.8. The minimum absolute atomic E-state index is 0.167. The fraction of sp³-hybridized carbons (Fsp3) is 0.760. The van der Waals surface area contributed by atoms with Crippen molar-refractivity contribution < 1.29 is 19.4 Å². The predicted molar refractivity (Wildman–Crippen MR) is 116 cm³/mol. The number of carbonyl (C=O) groups excluding carboxylic acids is 2. The van der Waals surface area contributed by atoms with Crippen LogP contribution in [0, 0.1) is 35.5 Å². The zero-order chi connectivity index (χ0) is 21.6. The Morgan fingerprint density at radius 3 is 2.59 bits per heavy atom. The highest BCUT2D eigenvalue weighted by molar-refractivity contribution is 5.81. The summed E-state index contributed by atoms with van der Waals surface area (Å²) >= 11 is 0. The number of aliphatic hydroxyl groups is 1. The van der Waals surface area contributed by atoms with E-state index in [1.807, 2.05) is 0 Å². The Hall–Kier alpha value is -1.42. The van der Waals surface area contributed by atoms with Crippen molar-refractivity contribution in [1.82, 2.24) is 0 Å². The second-order valence-electron chi connectivity index (χ2n) is 9.30. The van der Waals surface area contributed by atoms with E-state index in [-0.39, 0.29) is 18.3 Å². The topological polar surface area (TPSA) is 63.6 Å². The molecule has 4 nitrogen and oxygen atoms in total. The van der Waals surface area contributed by atoms with Crippen molar-refractivity contribution in [3.05, 3.63) is 23.8 Å². The summed E-state index contributed by atoms with van der Waals surface area (Å²) in [6.45, 7) is 11.5. The number of hydrogen-bond acceptors (Lipinski definition) is 4. The van der Waals surface area contributed by atoms with Crippen LogP contribution in [0.4, 0.5) is 0 Å². The van der Waals surface area contributed by atoms with Gasteiger partial charge < -0.3 is 9.84 Å². The lowest BCUT2D eigenvalue weighted by Gasteiger charge is -2.43. The molecule has 0 saturated carbocycles. The van der Waals surface area contributed by atoms with E-state index in [0.29, 0.717) is 48.4 Å². The zero-order valence-electron chi connectivity index (χ0n) is 18.9. The summed E-state index contributed by atoms with van der Waals surface area (Å²) in [5, 5.41) is 8.78. The van der Waals surface area contributed by atoms with Gasteiger partial charge in [0.05, 0.1) is 19.1 Å². The van der Waals surface area contributed by atoms with E-state index in [9.17, 15) is 9.59 Å². The fourth-order valence-corrected chi connectivity index (χ4v) is 5.09. The molecule has 1 aliphatic heterocycles. The number of ketones is 1. The van der Waals surface area contributed by atoms with Gasteiger partial charge in [-0.25, -0.2) is 0 Å². The Labute approximate surface area is 176 Å². The number of allylic oxidation sites excluding steroid dienone is 4. The average Bonchev–Trinajstić information content (AvgIpc) is 2.67. The molecule has 4 heteroatoms. The van der Waals surface area contributed by atoms with Gasteiger partial charge in [-0.15, -0.1) is 0 Å². The molecule has 4 unspecified atom stereocenters. The molecule has 7 atom stereocenters. The highest BCUT2D eigenvalue weighted by Crippen LogP contribution is 2.47. The van der Waals surface area contributed by atoms with Gasteiger partial charge in [0.25, 0.3) is 0 Å². The molecule has 0 aromatic heterocycles. The number of ether oxygens (including phenoxy) is 1. The second kappa shape index (κ2) is 11.1. The lowest BCUT2D eigenvalue weighted by molar-refractivity contribution is -0.151. The number of carbonyl (C=O) groups is 2. The van der Waals surface area contributed by atoms with Crippen LogP contribution in [0.3, 0.4) is 0 Å². The van der Waals surface area contributed by atoms with Crippen molar-refractivity contribution in [2.75, 3.05) is 6.61 Å². The van der Waals surface area contributed by atoms with Gasteiger partial charge in [-0.05, 0) is 48.0 Å². The Balaban J connectivity index is 0.000000313. The lowest BCUT2D eigenvalue weighted by atomic mass is 9.61. The average molecular weight is 405 g/mol. The summed E-state index contributed by atoms with van der Waals surface area (Å²) in [5.74, 6) is 3.55. The molecule has 29 heavy (non-hydrogen) atoms. The molecule has 1 saturated heterocycles. The number of hydrogen-bond donors (Lipinski definition) is 1. The molecule has 0 spiro atoms. The third-order valence-electron chi connectivity index (χ3n) is 6.99. The van der Waals surface area contributed by atoms with E-state index < -0.39 is 6.10 Å². The van der Waals surface area contributed by atoms with Crippen molar-refractivity contribution in [1.29, 1.82) is 0 Å². The first kappa shape index (κ1) is 23.9. The monoisotopic (exact) mass is 404 g/mol. The maximum Gasteiger partial charge on any atom is 0.308 e. The largest absolute Gasteiger partial charge is 0.465 e. The number of aliphatic hydroxyl groups excluding tert-OH is 1. The molecule has 0 aromatic rings. The van der Waals surface area contributed by atoms with Crippen molar-refractivity contribution in [2.45, 2.75) is 79.2 Å². The predicted octanol–water partition coefficient (Wildman–Crippen LogP) is 5.11. The van der Waals surface area contributed by atoms with Gasteiger partial charge in [-0.3, -0.25) is 9.59 Å². The van der Waals surface area contributed by atoms with Crippen LogP contribution in [0.5, 0.6) is 0 Å². The molecule has 3 aliphatic rings. The first-order valence-electron chi connectivity index (χ1n) is 11.5. The smallest absolute Gasteiger partial charge is 0.308 e. The third kappa shape index (κ3) is 6.53. The van der Waals surface area contributed by atoms with Crippen molar-refractivity contribution in [2.24, 2.45) is 35.5 Å². The molecular weight excluding hydrogens is 364 g/mol. The Morgan fingerprint density at radius 1 is 1.31 bits per heavy atom. The molecule has 0 radical (unpaired) electrons. The maximum absolute atomic E-state index is 12.5. The summed E-state index contributed by atoms with van der Waals surface area (Å²) in [5.41, 5.74) is 1.51.